The molecule has 0 bridgehead atoms. The average molecular weight is 256 g/mol. The molecular formula is C17H20O2. The maximum atomic E-state index is 10.5. The first-order valence-corrected chi connectivity index (χ1v) is 6.47. The van der Waals surface area contributed by atoms with E-state index in [2.05, 4.69) is 12.1 Å². The summed E-state index contributed by atoms with van der Waals surface area (Å²) in [4.78, 5) is 0. The van der Waals surface area contributed by atoms with Gasteiger partial charge < -0.3 is 9.84 Å². The lowest BCUT2D eigenvalue weighted by atomic mass is 9.89. The number of ether oxygens (including phenoxy) is 1. The number of aliphatic hydroxyl groups is 1. The van der Waals surface area contributed by atoms with Crippen LogP contribution in [-0.4, -0.2) is 18.3 Å². The topological polar surface area (TPSA) is 29.5 Å². The Morgan fingerprint density at radius 2 is 1.47 bits per heavy atom. The lowest BCUT2D eigenvalue weighted by Gasteiger charge is -2.29. The van der Waals surface area contributed by atoms with Crippen LogP contribution >= 0.6 is 0 Å². The zero-order chi connectivity index (χ0) is 13.9. The molecule has 2 heteroatoms. The molecule has 0 aliphatic carbocycles. The number of benzene rings is 2. The summed E-state index contributed by atoms with van der Waals surface area (Å²) in [5.41, 5.74) is 2.20. The molecular weight excluding hydrogens is 236 g/mol. The fourth-order valence-electron chi connectivity index (χ4n) is 2.09. The minimum atomic E-state index is -0.982. The van der Waals surface area contributed by atoms with Gasteiger partial charge in [0.15, 0.2) is 0 Å². The Hall–Kier alpha value is -1.64. The summed E-state index contributed by atoms with van der Waals surface area (Å²) >= 11 is 0. The molecule has 0 aromatic heterocycles. The summed E-state index contributed by atoms with van der Waals surface area (Å²) in [6.07, 6.45) is -0.255. The molecule has 0 spiro atoms. The molecule has 0 saturated carbocycles. The van der Waals surface area contributed by atoms with Crippen molar-refractivity contribution in [1.29, 1.82) is 0 Å². The first-order chi connectivity index (χ1) is 9.05. The highest BCUT2D eigenvalue weighted by Crippen LogP contribution is 2.28. The van der Waals surface area contributed by atoms with E-state index in [4.69, 9.17) is 4.74 Å². The fraction of sp³-hybridized carbons (Fsp3) is 0.294. The second-order valence-corrected chi connectivity index (χ2v) is 4.97. The van der Waals surface area contributed by atoms with E-state index in [0.29, 0.717) is 0 Å². The van der Waals surface area contributed by atoms with Gasteiger partial charge in [-0.3, -0.25) is 0 Å². The Labute approximate surface area is 114 Å². The molecule has 0 aliphatic heterocycles. The van der Waals surface area contributed by atoms with E-state index < -0.39 is 5.60 Å². The lowest BCUT2D eigenvalue weighted by Crippen LogP contribution is -2.35. The Kier molecular flexibility index (Phi) is 4.03. The van der Waals surface area contributed by atoms with Crippen LogP contribution in [0.25, 0.3) is 11.1 Å². The zero-order valence-electron chi connectivity index (χ0n) is 11.6. The van der Waals surface area contributed by atoms with Crippen molar-refractivity contribution in [3.8, 4) is 11.1 Å². The Balaban J connectivity index is 2.29. The highest BCUT2D eigenvalue weighted by molar-refractivity contribution is 5.63. The summed E-state index contributed by atoms with van der Waals surface area (Å²) in [6.45, 7) is 3.64. The van der Waals surface area contributed by atoms with Gasteiger partial charge in [-0.1, -0.05) is 54.6 Å². The molecule has 2 rings (SSSR count). The Morgan fingerprint density at radius 3 is 2.00 bits per heavy atom. The SMILES string of the molecule is COC(C)C(C)(O)c1ccc(-c2ccccc2)cc1. The van der Waals surface area contributed by atoms with E-state index in [1.165, 1.54) is 5.56 Å². The van der Waals surface area contributed by atoms with Crippen LogP contribution in [0.5, 0.6) is 0 Å². The van der Waals surface area contributed by atoms with Crippen LogP contribution in [0.2, 0.25) is 0 Å². The molecule has 2 atom stereocenters. The van der Waals surface area contributed by atoms with Crippen LogP contribution in [-0.2, 0) is 10.3 Å². The van der Waals surface area contributed by atoms with Crippen molar-refractivity contribution >= 4 is 0 Å². The van der Waals surface area contributed by atoms with Crippen LogP contribution in [0, 0.1) is 0 Å². The summed E-state index contributed by atoms with van der Waals surface area (Å²) in [6, 6.07) is 18.2. The molecule has 1 N–H and O–H groups in total. The largest absolute Gasteiger partial charge is 0.383 e. The first-order valence-electron chi connectivity index (χ1n) is 6.47. The predicted molar refractivity (Wildman–Crippen MR) is 77.9 cm³/mol. The van der Waals surface area contributed by atoms with Crippen molar-refractivity contribution in [2.75, 3.05) is 7.11 Å². The second-order valence-electron chi connectivity index (χ2n) is 4.97. The van der Waals surface area contributed by atoms with Crippen LogP contribution < -0.4 is 0 Å². The molecule has 2 aromatic carbocycles. The number of hydrogen-bond acceptors (Lipinski definition) is 2. The van der Waals surface area contributed by atoms with Crippen molar-refractivity contribution < 1.29 is 9.84 Å². The van der Waals surface area contributed by atoms with E-state index in [0.717, 1.165) is 11.1 Å². The van der Waals surface area contributed by atoms with E-state index in [1.807, 2.05) is 49.4 Å². The van der Waals surface area contributed by atoms with Gasteiger partial charge in [0.25, 0.3) is 0 Å². The van der Waals surface area contributed by atoms with Crippen LogP contribution in [0.3, 0.4) is 0 Å². The summed E-state index contributed by atoms with van der Waals surface area (Å²) < 4.78 is 5.23. The minimum Gasteiger partial charge on any atom is -0.383 e. The van der Waals surface area contributed by atoms with Gasteiger partial charge in [-0.2, -0.15) is 0 Å². The molecule has 0 radical (unpaired) electrons. The molecule has 2 nitrogen and oxygen atoms in total. The highest BCUT2D eigenvalue weighted by Gasteiger charge is 2.30. The summed E-state index contributed by atoms with van der Waals surface area (Å²) in [7, 11) is 1.61. The summed E-state index contributed by atoms with van der Waals surface area (Å²) in [5, 5.41) is 10.5. The van der Waals surface area contributed by atoms with Gasteiger partial charge in [0, 0.05) is 7.11 Å². The number of hydrogen-bond donors (Lipinski definition) is 1. The summed E-state index contributed by atoms with van der Waals surface area (Å²) in [5.74, 6) is 0. The standard InChI is InChI=1S/C17H20O2/c1-13(19-3)17(2,18)16-11-9-15(10-12-16)14-7-5-4-6-8-14/h4-13,18H,1-3H3. The van der Waals surface area contributed by atoms with Crippen molar-refractivity contribution in [2.24, 2.45) is 0 Å². The minimum absolute atomic E-state index is 0.255. The van der Waals surface area contributed by atoms with Gasteiger partial charge in [-0.05, 0) is 30.5 Å². The van der Waals surface area contributed by atoms with E-state index in [1.54, 1.807) is 14.0 Å². The number of methoxy groups -OCH3 is 1. The van der Waals surface area contributed by atoms with Gasteiger partial charge in [0.2, 0.25) is 0 Å². The maximum absolute atomic E-state index is 10.5. The first kappa shape index (κ1) is 13.8. The third-order valence-electron chi connectivity index (χ3n) is 3.72. The molecule has 0 fully saturated rings. The molecule has 19 heavy (non-hydrogen) atoms. The van der Waals surface area contributed by atoms with Crippen molar-refractivity contribution in [2.45, 2.75) is 25.6 Å². The predicted octanol–water partition coefficient (Wildman–Crippen LogP) is 3.60. The fourth-order valence-corrected chi connectivity index (χ4v) is 2.09. The normalized spacial score (nSPS) is 15.8. The van der Waals surface area contributed by atoms with Gasteiger partial charge in [0.1, 0.15) is 5.60 Å². The zero-order valence-corrected chi connectivity index (χ0v) is 11.6. The second kappa shape index (κ2) is 5.55. The maximum Gasteiger partial charge on any atom is 0.113 e. The van der Waals surface area contributed by atoms with Gasteiger partial charge in [-0.15, -0.1) is 0 Å². The molecule has 0 saturated heterocycles. The Bertz CT molecular complexity index is 515. The smallest absolute Gasteiger partial charge is 0.113 e. The third-order valence-corrected chi connectivity index (χ3v) is 3.72. The molecule has 100 valence electrons. The van der Waals surface area contributed by atoms with Crippen molar-refractivity contribution in [3.63, 3.8) is 0 Å². The quantitative estimate of drug-likeness (QED) is 0.905. The Morgan fingerprint density at radius 1 is 0.947 bits per heavy atom. The molecule has 0 aliphatic rings. The average Bonchev–Trinajstić information content (AvgIpc) is 2.47. The molecule has 2 unspecified atom stereocenters. The number of rotatable bonds is 4. The van der Waals surface area contributed by atoms with Gasteiger partial charge in [-0.25, -0.2) is 0 Å². The third kappa shape index (κ3) is 2.86. The molecule has 0 amide bonds. The van der Waals surface area contributed by atoms with Gasteiger partial charge >= 0.3 is 0 Å². The monoisotopic (exact) mass is 256 g/mol. The molecule has 2 aromatic rings. The van der Waals surface area contributed by atoms with E-state index >= 15 is 0 Å². The van der Waals surface area contributed by atoms with Crippen molar-refractivity contribution in [1.82, 2.24) is 0 Å². The van der Waals surface area contributed by atoms with E-state index in [9.17, 15) is 5.11 Å². The van der Waals surface area contributed by atoms with Crippen LogP contribution in [0.4, 0.5) is 0 Å². The van der Waals surface area contributed by atoms with Crippen LogP contribution in [0.1, 0.15) is 19.4 Å². The van der Waals surface area contributed by atoms with Gasteiger partial charge in [0.05, 0.1) is 6.10 Å². The lowest BCUT2D eigenvalue weighted by molar-refractivity contribution is -0.0771. The molecule has 0 heterocycles. The highest BCUT2D eigenvalue weighted by atomic mass is 16.5. The van der Waals surface area contributed by atoms with Crippen LogP contribution in [0.15, 0.2) is 54.6 Å². The van der Waals surface area contributed by atoms with E-state index in [-0.39, 0.29) is 6.10 Å². The van der Waals surface area contributed by atoms with Crippen molar-refractivity contribution in [3.05, 3.63) is 60.2 Å².